The molecular weight excluding hydrogens is 398 g/mol. The highest BCUT2D eigenvalue weighted by Gasteiger charge is 2.31. The van der Waals surface area contributed by atoms with Gasteiger partial charge in [-0.2, -0.15) is 0 Å². The van der Waals surface area contributed by atoms with Crippen molar-refractivity contribution in [1.82, 2.24) is 14.8 Å². The quantitative estimate of drug-likeness (QED) is 0.832. The highest BCUT2D eigenvalue weighted by Crippen LogP contribution is 2.23. The van der Waals surface area contributed by atoms with Crippen molar-refractivity contribution in [3.63, 3.8) is 0 Å². The first-order chi connectivity index (χ1) is 12.5. The van der Waals surface area contributed by atoms with Crippen molar-refractivity contribution < 1.29 is 9.59 Å². The molecule has 2 saturated heterocycles. The molecule has 7 heteroatoms. The van der Waals surface area contributed by atoms with Gasteiger partial charge in [0, 0.05) is 42.5 Å². The fourth-order valence-corrected chi connectivity index (χ4v) is 4.25. The second kappa shape index (κ2) is 6.87. The molecule has 136 valence electrons. The van der Waals surface area contributed by atoms with E-state index in [0.29, 0.717) is 36.5 Å². The molecule has 4 rings (SSSR count). The number of pyridine rings is 1. The average Bonchev–Trinajstić information content (AvgIpc) is 3.25. The maximum Gasteiger partial charge on any atom is 0.270 e. The number of fused-ring (bicyclic) bond motifs is 1. The summed E-state index contributed by atoms with van der Waals surface area (Å²) in [6.45, 7) is 2.84. The second-order valence-corrected chi connectivity index (χ2v) is 8.01. The maximum absolute atomic E-state index is 12.8. The molecule has 1 aromatic heterocycles. The van der Waals surface area contributed by atoms with Gasteiger partial charge in [-0.05, 0) is 42.3 Å². The Labute approximate surface area is 159 Å². The third-order valence-electron chi connectivity index (χ3n) is 5.26. The van der Waals surface area contributed by atoms with E-state index >= 15 is 0 Å². The zero-order chi connectivity index (χ0) is 18.3. The van der Waals surface area contributed by atoms with E-state index < -0.39 is 0 Å². The summed E-state index contributed by atoms with van der Waals surface area (Å²) in [6.07, 6.45) is 2.47. The van der Waals surface area contributed by atoms with Gasteiger partial charge < -0.3 is 14.8 Å². The number of nitrogens with zero attached hydrogens (tertiary/aromatic N) is 2. The number of amides is 2. The molecule has 2 aliphatic heterocycles. The van der Waals surface area contributed by atoms with Crippen molar-refractivity contribution in [2.45, 2.75) is 19.3 Å². The molecule has 0 bridgehead atoms. The minimum absolute atomic E-state index is 0.151. The lowest BCUT2D eigenvalue weighted by molar-refractivity contribution is -0.128. The van der Waals surface area contributed by atoms with Crippen LogP contribution in [0.15, 0.2) is 33.5 Å². The van der Waals surface area contributed by atoms with E-state index in [-0.39, 0.29) is 17.4 Å². The van der Waals surface area contributed by atoms with Crippen molar-refractivity contribution in [1.29, 1.82) is 0 Å². The van der Waals surface area contributed by atoms with E-state index in [1.54, 1.807) is 17.0 Å². The Kier molecular flexibility index (Phi) is 4.56. The maximum atomic E-state index is 12.8. The molecule has 1 N–H and O–H groups in total. The Balaban J connectivity index is 1.49. The molecule has 2 fully saturated rings. The number of halogens is 1. The largest absolute Gasteiger partial charge is 0.342 e. The Morgan fingerprint density at radius 3 is 2.85 bits per heavy atom. The standard InChI is InChI=1S/C19H20BrN3O3/c20-14-4-3-13-8-16(21-18(25)15(13)9-14)19(26)23-7-5-12(11-23)10-22-6-1-2-17(22)24/h3-4,8-9,12H,1-2,5-7,10-11H2,(H,21,25). The first-order valence-corrected chi connectivity index (χ1v) is 9.70. The number of aromatic amines is 1. The summed E-state index contributed by atoms with van der Waals surface area (Å²) in [6, 6.07) is 7.18. The van der Waals surface area contributed by atoms with E-state index in [1.807, 2.05) is 17.0 Å². The average molecular weight is 418 g/mol. The number of benzene rings is 1. The van der Waals surface area contributed by atoms with Gasteiger partial charge in [0.2, 0.25) is 5.91 Å². The van der Waals surface area contributed by atoms with Gasteiger partial charge in [0.15, 0.2) is 0 Å². The number of likely N-dealkylation sites (tertiary alicyclic amines) is 2. The number of aromatic nitrogens is 1. The molecule has 1 unspecified atom stereocenters. The Morgan fingerprint density at radius 2 is 2.08 bits per heavy atom. The van der Waals surface area contributed by atoms with Crippen LogP contribution in [0.1, 0.15) is 29.8 Å². The topological polar surface area (TPSA) is 73.5 Å². The number of H-pyrrole nitrogens is 1. The fourth-order valence-electron chi connectivity index (χ4n) is 3.89. The van der Waals surface area contributed by atoms with Gasteiger partial charge >= 0.3 is 0 Å². The monoisotopic (exact) mass is 417 g/mol. The first kappa shape index (κ1) is 17.3. The van der Waals surface area contributed by atoms with Gasteiger partial charge in [-0.15, -0.1) is 0 Å². The van der Waals surface area contributed by atoms with Gasteiger partial charge in [0.25, 0.3) is 11.5 Å². The van der Waals surface area contributed by atoms with E-state index in [2.05, 4.69) is 20.9 Å². The highest BCUT2D eigenvalue weighted by molar-refractivity contribution is 9.10. The smallest absolute Gasteiger partial charge is 0.270 e. The van der Waals surface area contributed by atoms with Gasteiger partial charge in [0.05, 0.1) is 0 Å². The fraction of sp³-hybridized carbons (Fsp3) is 0.421. The lowest BCUT2D eigenvalue weighted by Gasteiger charge is -2.21. The molecule has 3 heterocycles. The third kappa shape index (κ3) is 3.28. The normalized spacial score (nSPS) is 20.3. The molecule has 2 aromatic rings. The molecule has 1 atom stereocenters. The van der Waals surface area contributed by atoms with Gasteiger partial charge in [-0.25, -0.2) is 0 Å². The highest BCUT2D eigenvalue weighted by atomic mass is 79.9. The summed E-state index contributed by atoms with van der Waals surface area (Å²) in [5.74, 6) is 0.381. The van der Waals surface area contributed by atoms with E-state index in [0.717, 1.165) is 35.8 Å². The summed E-state index contributed by atoms with van der Waals surface area (Å²) in [5, 5.41) is 1.31. The van der Waals surface area contributed by atoms with Crippen molar-refractivity contribution in [3.05, 3.63) is 44.8 Å². The van der Waals surface area contributed by atoms with Crippen molar-refractivity contribution >= 4 is 38.5 Å². The van der Waals surface area contributed by atoms with E-state index in [4.69, 9.17) is 0 Å². The summed E-state index contributed by atoms with van der Waals surface area (Å²) < 4.78 is 0.827. The Hall–Kier alpha value is -2.15. The van der Waals surface area contributed by atoms with Crippen LogP contribution < -0.4 is 5.56 Å². The number of nitrogens with one attached hydrogen (secondary N) is 1. The predicted octanol–water partition coefficient (Wildman–Crippen LogP) is 2.38. The zero-order valence-corrected chi connectivity index (χ0v) is 15.9. The summed E-state index contributed by atoms with van der Waals surface area (Å²) >= 11 is 3.36. The number of carbonyl (C=O) groups is 2. The molecule has 6 nitrogen and oxygen atoms in total. The van der Waals surface area contributed by atoms with Crippen molar-refractivity contribution in [2.75, 3.05) is 26.2 Å². The van der Waals surface area contributed by atoms with Crippen molar-refractivity contribution in [2.24, 2.45) is 5.92 Å². The minimum atomic E-state index is -0.259. The molecule has 2 aliphatic rings. The first-order valence-electron chi connectivity index (χ1n) is 8.91. The third-order valence-corrected chi connectivity index (χ3v) is 5.75. The van der Waals surface area contributed by atoms with Crippen LogP contribution in [0.4, 0.5) is 0 Å². The molecular formula is C19H20BrN3O3. The molecule has 0 spiro atoms. The predicted molar refractivity (Wildman–Crippen MR) is 102 cm³/mol. The lowest BCUT2D eigenvalue weighted by atomic mass is 10.1. The molecule has 0 radical (unpaired) electrons. The Morgan fingerprint density at radius 1 is 1.23 bits per heavy atom. The van der Waals surface area contributed by atoms with Crippen LogP contribution in [0.3, 0.4) is 0 Å². The number of hydrogen-bond donors (Lipinski definition) is 1. The van der Waals surface area contributed by atoms with Gasteiger partial charge in [-0.1, -0.05) is 22.0 Å². The number of rotatable bonds is 3. The summed E-state index contributed by atoms with van der Waals surface area (Å²) in [4.78, 5) is 43.3. The number of carbonyl (C=O) groups excluding carboxylic acids is 2. The molecule has 2 amide bonds. The van der Waals surface area contributed by atoms with Crippen LogP contribution in [0.2, 0.25) is 0 Å². The molecule has 0 aliphatic carbocycles. The summed E-state index contributed by atoms with van der Waals surface area (Å²) in [7, 11) is 0. The molecule has 1 aromatic carbocycles. The minimum Gasteiger partial charge on any atom is -0.342 e. The van der Waals surface area contributed by atoms with Crippen molar-refractivity contribution in [3.8, 4) is 0 Å². The Bertz CT molecular complexity index is 939. The number of hydrogen-bond acceptors (Lipinski definition) is 3. The van der Waals surface area contributed by atoms with E-state index in [1.165, 1.54) is 0 Å². The van der Waals surface area contributed by atoms with Gasteiger partial charge in [0.1, 0.15) is 5.69 Å². The van der Waals surface area contributed by atoms with Gasteiger partial charge in [-0.3, -0.25) is 14.4 Å². The van der Waals surface area contributed by atoms with Crippen LogP contribution >= 0.6 is 15.9 Å². The van der Waals surface area contributed by atoms with Crippen LogP contribution in [0, 0.1) is 5.92 Å². The van der Waals surface area contributed by atoms with Crippen LogP contribution in [-0.2, 0) is 4.79 Å². The van der Waals surface area contributed by atoms with Crippen LogP contribution in [0.5, 0.6) is 0 Å². The zero-order valence-electron chi connectivity index (χ0n) is 14.3. The van der Waals surface area contributed by atoms with E-state index in [9.17, 15) is 14.4 Å². The molecule has 0 saturated carbocycles. The second-order valence-electron chi connectivity index (χ2n) is 7.09. The SMILES string of the molecule is O=C1CCCN1CC1CCN(C(=O)c2cc3ccc(Br)cc3c(=O)[nH]2)C1. The van der Waals surface area contributed by atoms with Crippen LogP contribution in [0.25, 0.3) is 10.8 Å². The molecule has 26 heavy (non-hydrogen) atoms. The van der Waals surface area contributed by atoms with Crippen LogP contribution in [-0.4, -0.2) is 52.8 Å². The lowest BCUT2D eigenvalue weighted by Crippen LogP contribution is -2.34. The summed E-state index contributed by atoms with van der Waals surface area (Å²) in [5.41, 5.74) is 0.0632.